The number of hydrogen-bond donors (Lipinski definition) is 1. The van der Waals surface area contributed by atoms with Crippen molar-refractivity contribution in [2.45, 2.75) is 26.4 Å². The summed E-state index contributed by atoms with van der Waals surface area (Å²) < 4.78 is 6.50. The molecule has 7 heteroatoms. The Bertz CT molecular complexity index is 1060. The standard InChI is InChI=1S/C22H22ClN3O3/c1-3-18-12-21(28)26(22(25-18)16-5-4-6-17(23)11-16)14-20(27)24-13-15-7-9-19(29-2)10-8-15/h4-12H,3,13-14H2,1-2H3,(H,24,27). The van der Waals surface area contributed by atoms with Crippen LogP contribution in [0.2, 0.25) is 5.02 Å². The molecule has 0 aliphatic rings. The second-order valence-electron chi connectivity index (χ2n) is 6.48. The highest BCUT2D eigenvalue weighted by Gasteiger charge is 2.14. The number of aryl methyl sites for hydroxylation is 1. The van der Waals surface area contributed by atoms with Gasteiger partial charge in [-0.15, -0.1) is 0 Å². The van der Waals surface area contributed by atoms with Gasteiger partial charge in [-0.05, 0) is 36.2 Å². The maximum Gasteiger partial charge on any atom is 0.254 e. The molecule has 1 heterocycles. The zero-order chi connectivity index (χ0) is 20.8. The van der Waals surface area contributed by atoms with E-state index in [0.29, 0.717) is 35.1 Å². The highest BCUT2D eigenvalue weighted by molar-refractivity contribution is 6.30. The van der Waals surface area contributed by atoms with Gasteiger partial charge in [-0.1, -0.05) is 42.8 Å². The van der Waals surface area contributed by atoms with Crippen molar-refractivity contribution < 1.29 is 9.53 Å². The highest BCUT2D eigenvalue weighted by Crippen LogP contribution is 2.20. The Kier molecular flexibility index (Phi) is 6.67. The molecule has 0 spiro atoms. The Morgan fingerprint density at radius 2 is 1.93 bits per heavy atom. The summed E-state index contributed by atoms with van der Waals surface area (Å²) in [5, 5.41) is 3.37. The smallest absolute Gasteiger partial charge is 0.254 e. The topological polar surface area (TPSA) is 73.2 Å². The van der Waals surface area contributed by atoms with Crippen LogP contribution in [0.5, 0.6) is 5.75 Å². The van der Waals surface area contributed by atoms with Crippen molar-refractivity contribution >= 4 is 17.5 Å². The number of halogens is 1. The summed E-state index contributed by atoms with van der Waals surface area (Å²) in [6.07, 6.45) is 0.618. The number of rotatable bonds is 7. The Hall–Kier alpha value is -3.12. The molecule has 0 aliphatic carbocycles. The molecule has 2 aromatic carbocycles. The van der Waals surface area contributed by atoms with Gasteiger partial charge in [-0.25, -0.2) is 4.98 Å². The van der Waals surface area contributed by atoms with Crippen LogP contribution in [0.15, 0.2) is 59.4 Å². The largest absolute Gasteiger partial charge is 0.497 e. The fourth-order valence-electron chi connectivity index (χ4n) is 2.88. The summed E-state index contributed by atoms with van der Waals surface area (Å²) in [5.41, 5.74) is 2.01. The van der Waals surface area contributed by atoms with Gasteiger partial charge in [0.25, 0.3) is 5.56 Å². The minimum absolute atomic E-state index is 0.131. The molecular weight excluding hydrogens is 390 g/mol. The van der Waals surface area contributed by atoms with Gasteiger partial charge < -0.3 is 10.1 Å². The van der Waals surface area contributed by atoms with Crippen LogP contribution in [0.3, 0.4) is 0 Å². The summed E-state index contributed by atoms with van der Waals surface area (Å²) in [7, 11) is 1.60. The van der Waals surface area contributed by atoms with E-state index in [-0.39, 0.29) is 18.0 Å². The normalized spacial score (nSPS) is 10.6. The molecule has 1 aromatic heterocycles. The van der Waals surface area contributed by atoms with Gasteiger partial charge in [0.05, 0.1) is 7.11 Å². The Labute approximate surface area is 174 Å². The Morgan fingerprint density at radius 1 is 1.17 bits per heavy atom. The number of methoxy groups -OCH3 is 1. The predicted molar refractivity (Wildman–Crippen MR) is 113 cm³/mol. The van der Waals surface area contributed by atoms with Gasteiger partial charge in [0.15, 0.2) is 0 Å². The van der Waals surface area contributed by atoms with Crippen LogP contribution in [0, 0.1) is 0 Å². The first-order chi connectivity index (χ1) is 14.0. The molecular formula is C22H22ClN3O3. The first-order valence-corrected chi connectivity index (χ1v) is 9.64. The van der Waals surface area contributed by atoms with Gasteiger partial charge in [0.2, 0.25) is 5.91 Å². The predicted octanol–water partition coefficient (Wildman–Crippen LogP) is 3.45. The summed E-state index contributed by atoms with van der Waals surface area (Å²) in [6.45, 7) is 2.15. The van der Waals surface area contributed by atoms with Crippen molar-refractivity contribution in [3.63, 3.8) is 0 Å². The zero-order valence-electron chi connectivity index (χ0n) is 16.3. The number of nitrogens with zero attached hydrogens (tertiary/aromatic N) is 2. The SMILES string of the molecule is CCc1cc(=O)n(CC(=O)NCc2ccc(OC)cc2)c(-c2cccc(Cl)c2)n1. The Balaban J connectivity index is 1.81. The van der Waals surface area contributed by atoms with Crippen molar-refractivity contribution in [1.29, 1.82) is 0 Å². The van der Waals surface area contributed by atoms with E-state index in [1.165, 1.54) is 10.6 Å². The van der Waals surface area contributed by atoms with Crippen LogP contribution in [0.25, 0.3) is 11.4 Å². The third-order valence-corrected chi connectivity index (χ3v) is 4.69. The number of ether oxygens (including phenoxy) is 1. The molecule has 1 N–H and O–H groups in total. The maximum atomic E-state index is 12.7. The average molecular weight is 412 g/mol. The number of amides is 1. The highest BCUT2D eigenvalue weighted by atomic mass is 35.5. The van der Waals surface area contributed by atoms with Crippen molar-refractivity contribution in [2.24, 2.45) is 0 Å². The van der Waals surface area contributed by atoms with E-state index in [0.717, 1.165) is 11.3 Å². The van der Waals surface area contributed by atoms with Crippen LogP contribution in [-0.2, 0) is 24.3 Å². The summed E-state index contributed by atoms with van der Waals surface area (Å²) >= 11 is 6.10. The molecule has 0 atom stereocenters. The zero-order valence-corrected chi connectivity index (χ0v) is 17.1. The lowest BCUT2D eigenvalue weighted by Crippen LogP contribution is -2.33. The van der Waals surface area contributed by atoms with Gasteiger partial charge >= 0.3 is 0 Å². The summed E-state index contributed by atoms with van der Waals surface area (Å²) in [6, 6.07) is 16.0. The number of hydrogen-bond acceptors (Lipinski definition) is 4. The third kappa shape index (κ3) is 5.23. The first-order valence-electron chi connectivity index (χ1n) is 9.26. The molecule has 29 heavy (non-hydrogen) atoms. The van der Waals surface area contributed by atoms with Crippen molar-refractivity contribution in [3.8, 4) is 17.1 Å². The van der Waals surface area contributed by atoms with Gasteiger partial charge in [0.1, 0.15) is 18.1 Å². The maximum absolute atomic E-state index is 12.7. The lowest BCUT2D eigenvalue weighted by molar-refractivity contribution is -0.121. The van der Waals surface area contributed by atoms with E-state index in [1.807, 2.05) is 37.3 Å². The molecule has 6 nitrogen and oxygen atoms in total. The fraction of sp³-hybridized carbons (Fsp3) is 0.227. The molecule has 0 fully saturated rings. The third-order valence-electron chi connectivity index (χ3n) is 4.46. The van der Waals surface area contributed by atoms with Gasteiger partial charge in [-0.2, -0.15) is 0 Å². The van der Waals surface area contributed by atoms with E-state index >= 15 is 0 Å². The molecule has 0 saturated heterocycles. The quantitative estimate of drug-likeness (QED) is 0.646. The molecule has 0 aliphatic heterocycles. The number of benzene rings is 2. The van der Waals surface area contributed by atoms with E-state index in [1.54, 1.807) is 25.3 Å². The number of nitrogens with one attached hydrogen (secondary N) is 1. The summed E-state index contributed by atoms with van der Waals surface area (Å²) in [5.74, 6) is 0.897. The van der Waals surface area contributed by atoms with Crippen molar-refractivity contribution in [3.05, 3.63) is 81.2 Å². The van der Waals surface area contributed by atoms with E-state index in [4.69, 9.17) is 16.3 Å². The average Bonchev–Trinajstić information content (AvgIpc) is 2.73. The van der Waals surface area contributed by atoms with Gasteiger partial charge in [0, 0.05) is 28.9 Å². The molecule has 0 bridgehead atoms. The molecule has 3 rings (SSSR count). The lowest BCUT2D eigenvalue weighted by Gasteiger charge is -2.14. The number of carbonyl (C=O) groups excluding carboxylic acids is 1. The van der Waals surface area contributed by atoms with Crippen LogP contribution >= 0.6 is 11.6 Å². The molecule has 1 amide bonds. The molecule has 150 valence electrons. The second-order valence-corrected chi connectivity index (χ2v) is 6.92. The molecule has 3 aromatic rings. The van der Waals surface area contributed by atoms with E-state index in [9.17, 15) is 9.59 Å². The van der Waals surface area contributed by atoms with Gasteiger partial charge in [-0.3, -0.25) is 14.2 Å². The molecule has 0 saturated carbocycles. The van der Waals surface area contributed by atoms with Crippen LogP contribution in [0.4, 0.5) is 0 Å². The minimum atomic E-state index is -0.280. The number of aromatic nitrogens is 2. The first kappa shape index (κ1) is 20.6. The second kappa shape index (κ2) is 9.39. The fourth-order valence-corrected chi connectivity index (χ4v) is 3.07. The lowest BCUT2D eigenvalue weighted by atomic mass is 10.2. The minimum Gasteiger partial charge on any atom is -0.497 e. The Morgan fingerprint density at radius 3 is 2.59 bits per heavy atom. The van der Waals surface area contributed by atoms with E-state index in [2.05, 4.69) is 10.3 Å². The van der Waals surface area contributed by atoms with Crippen LogP contribution in [-0.4, -0.2) is 22.6 Å². The van der Waals surface area contributed by atoms with Crippen molar-refractivity contribution in [2.75, 3.05) is 7.11 Å². The monoisotopic (exact) mass is 411 g/mol. The van der Waals surface area contributed by atoms with Crippen LogP contribution < -0.4 is 15.6 Å². The van der Waals surface area contributed by atoms with Crippen LogP contribution in [0.1, 0.15) is 18.2 Å². The molecule has 0 radical (unpaired) electrons. The van der Waals surface area contributed by atoms with E-state index < -0.39 is 0 Å². The molecule has 0 unspecified atom stereocenters. The number of carbonyl (C=O) groups is 1. The van der Waals surface area contributed by atoms with Crippen molar-refractivity contribution in [1.82, 2.24) is 14.9 Å². The summed E-state index contributed by atoms with van der Waals surface area (Å²) in [4.78, 5) is 29.7.